The quantitative estimate of drug-likeness (QED) is 0.538. The number of rotatable bonds is 3. The number of imidazole rings is 1. The minimum Gasteiger partial charge on any atom is -0.350 e. The summed E-state index contributed by atoms with van der Waals surface area (Å²) in [7, 11) is 1.76. The smallest absolute Gasteiger partial charge is 0.333 e. The van der Waals surface area contributed by atoms with Gasteiger partial charge < -0.3 is 9.80 Å². The first-order valence-electron chi connectivity index (χ1n) is 10.1. The van der Waals surface area contributed by atoms with E-state index >= 15 is 0 Å². The lowest BCUT2D eigenvalue weighted by Gasteiger charge is -2.23. The van der Waals surface area contributed by atoms with Crippen molar-refractivity contribution in [3.8, 4) is 11.9 Å². The molecule has 9 heteroatoms. The minimum atomic E-state index is -0.346. The SMILES string of the molecule is CN1CCN(Cc2ccc(C#N)cc2)c2nc(-n3c(=O)[nH]c4ncccc43)ccc2C1=O. The van der Waals surface area contributed by atoms with Gasteiger partial charge in [0.15, 0.2) is 5.65 Å². The van der Waals surface area contributed by atoms with Gasteiger partial charge >= 0.3 is 5.69 Å². The number of nitrogens with one attached hydrogen (secondary N) is 1. The summed E-state index contributed by atoms with van der Waals surface area (Å²) in [6.07, 6.45) is 1.61. The normalized spacial score (nSPS) is 13.7. The van der Waals surface area contributed by atoms with Crippen molar-refractivity contribution in [2.75, 3.05) is 25.0 Å². The summed E-state index contributed by atoms with van der Waals surface area (Å²) in [4.78, 5) is 41.0. The summed E-state index contributed by atoms with van der Waals surface area (Å²) in [6, 6.07) is 16.4. The van der Waals surface area contributed by atoms with E-state index in [-0.39, 0.29) is 11.6 Å². The van der Waals surface area contributed by atoms with Gasteiger partial charge in [-0.3, -0.25) is 9.78 Å². The highest BCUT2D eigenvalue weighted by Gasteiger charge is 2.27. The van der Waals surface area contributed by atoms with Crippen molar-refractivity contribution in [1.29, 1.82) is 5.26 Å². The molecule has 1 aliphatic heterocycles. The monoisotopic (exact) mass is 425 g/mol. The second-order valence-electron chi connectivity index (χ2n) is 7.63. The molecule has 0 radical (unpaired) electrons. The summed E-state index contributed by atoms with van der Waals surface area (Å²) < 4.78 is 1.46. The van der Waals surface area contributed by atoms with Gasteiger partial charge in [-0.2, -0.15) is 5.26 Å². The van der Waals surface area contributed by atoms with Crippen LogP contribution in [0.4, 0.5) is 5.82 Å². The molecule has 0 unspecified atom stereocenters. The lowest BCUT2D eigenvalue weighted by atomic mass is 10.1. The molecule has 0 bridgehead atoms. The maximum absolute atomic E-state index is 12.9. The van der Waals surface area contributed by atoms with E-state index in [2.05, 4.69) is 16.0 Å². The Bertz CT molecular complexity index is 1430. The van der Waals surface area contributed by atoms with E-state index in [1.807, 2.05) is 17.0 Å². The van der Waals surface area contributed by atoms with E-state index in [1.54, 1.807) is 54.5 Å². The molecular weight excluding hydrogens is 406 g/mol. The van der Waals surface area contributed by atoms with Crippen molar-refractivity contribution < 1.29 is 4.79 Å². The Labute approximate surface area is 183 Å². The highest BCUT2D eigenvalue weighted by atomic mass is 16.2. The van der Waals surface area contributed by atoms with E-state index in [0.29, 0.717) is 53.6 Å². The number of anilines is 1. The molecule has 0 atom stereocenters. The first-order valence-corrected chi connectivity index (χ1v) is 10.1. The zero-order valence-electron chi connectivity index (χ0n) is 17.3. The number of hydrogen-bond donors (Lipinski definition) is 1. The van der Waals surface area contributed by atoms with Crippen LogP contribution in [-0.4, -0.2) is 50.5 Å². The third-order valence-corrected chi connectivity index (χ3v) is 5.58. The number of nitriles is 1. The number of benzene rings is 1. The molecule has 1 amide bonds. The molecule has 1 aromatic carbocycles. The Kier molecular flexibility index (Phi) is 4.67. The van der Waals surface area contributed by atoms with Crippen LogP contribution in [0, 0.1) is 11.3 Å². The molecule has 158 valence electrons. The van der Waals surface area contributed by atoms with Crippen LogP contribution in [0.3, 0.4) is 0 Å². The number of H-pyrrole nitrogens is 1. The van der Waals surface area contributed by atoms with Gasteiger partial charge in [0.25, 0.3) is 5.91 Å². The van der Waals surface area contributed by atoms with Crippen molar-refractivity contribution in [3.05, 3.63) is 81.9 Å². The molecule has 0 spiro atoms. The molecule has 32 heavy (non-hydrogen) atoms. The molecule has 1 aliphatic rings. The number of carbonyl (C=O) groups is 1. The summed E-state index contributed by atoms with van der Waals surface area (Å²) in [5, 5.41) is 9.05. The molecule has 0 fully saturated rings. The third kappa shape index (κ3) is 3.28. The second kappa shape index (κ2) is 7.67. The number of carbonyl (C=O) groups excluding carboxylic acids is 1. The van der Waals surface area contributed by atoms with Crippen LogP contribution in [0.15, 0.2) is 59.5 Å². The molecule has 0 aliphatic carbocycles. The van der Waals surface area contributed by atoms with Crippen LogP contribution >= 0.6 is 0 Å². The number of likely N-dealkylation sites (N-methyl/N-ethyl adjacent to an activating group) is 1. The van der Waals surface area contributed by atoms with Crippen LogP contribution in [0.2, 0.25) is 0 Å². The van der Waals surface area contributed by atoms with E-state index < -0.39 is 0 Å². The summed E-state index contributed by atoms with van der Waals surface area (Å²) in [6.45, 7) is 1.63. The van der Waals surface area contributed by atoms with E-state index in [1.165, 1.54) is 4.57 Å². The number of pyridine rings is 2. The largest absolute Gasteiger partial charge is 0.350 e. The minimum absolute atomic E-state index is 0.116. The van der Waals surface area contributed by atoms with Gasteiger partial charge in [0.1, 0.15) is 11.6 Å². The van der Waals surface area contributed by atoms with E-state index in [0.717, 1.165) is 5.56 Å². The Hall–Kier alpha value is -4.45. The maximum atomic E-state index is 12.9. The van der Waals surface area contributed by atoms with E-state index in [4.69, 9.17) is 10.2 Å². The van der Waals surface area contributed by atoms with Crippen LogP contribution in [-0.2, 0) is 6.54 Å². The molecule has 0 saturated heterocycles. The zero-order chi connectivity index (χ0) is 22.2. The summed E-state index contributed by atoms with van der Waals surface area (Å²) in [5.74, 6) is 0.816. The predicted molar refractivity (Wildman–Crippen MR) is 119 cm³/mol. The van der Waals surface area contributed by atoms with Gasteiger partial charge in [-0.15, -0.1) is 0 Å². The molecular formula is C23H19N7O2. The van der Waals surface area contributed by atoms with Crippen LogP contribution < -0.4 is 10.6 Å². The van der Waals surface area contributed by atoms with Crippen molar-refractivity contribution >= 4 is 22.9 Å². The molecule has 4 heterocycles. The van der Waals surface area contributed by atoms with Crippen molar-refractivity contribution in [3.63, 3.8) is 0 Å². The first-order chi connectivity index (χ1) is 15.5. The summed E-state index contributed by atoms with van der Waals surface area (Å²) in [5.41, 5.74) is 2.80. The maximum Gasteiger partial charge on any atom is 0.333 e. The van der Waals surface area contributed by atoms with Gasteiger partial charge in [0.2, 0.25) is 0 Å². The molecule has 4 aromatic rings. The number of aromatic amines is 1. The topological polar surface area (TPSA) is 111 Å². The first kappa shape index (κ1) is 19.5. The molecule has 0 saturated carbocycles. The third-order valence-electron chi connectivity index (χ3n) is 5.58. The van der Waals surface area contributed by atoms with Gasteiger partial charge in [0.05, 0.1) is 22.7 Å². The van der Waals surface area contributed by atoms with Crippen LogP contribution in [0.5, 0.6) is 0 Å². The Morgan fingerprint density at radius 3 is 2.69 bits per heavy atom. The van der Waals surface area contributed by atoms with Gasteiger partial charge in [-0.25, -0.2) is 19.3 Å². The number of hydrogen-bond acceptors (Lipinski definition) is 6. The van der Waals surface area contributed by atoms with Gasteiger partial charge in [0, 0.05) is 32.9 Å². The number of amides is 1. The second-order valence-corrected chi connectivity index (χ2v) is 7.63. The number of nitrogens with zero attached hydrogens (tertiary/aromatic N) is 6. The number of fused-ring (bicyclic) bond motifs is 2. The fourth-order valence-electron chi connectivity index (χ4n) is 3.88. The Balaban J connectivity index is 1.62. The van der Waals surface area contributed by atoms with Crippen molar-refractivity contribution in [2.24, 2.45) is 0 Å². The van der Waals surface area contributed by atoms with Crippen molar-refractivity contribution in [1.82, 2.24) is 24.4 Å². The zero-order valence-corrected chi connectivity index (χ0v) is 17.3. The van der Waals surface area contributed by atoms with Crippen LogP contribution in [0.25, 0.3) is 17.0 Å². The highest BCUT2D eigenvalue weighted by Crippen LogP contribution is 2.26. The Morgan fingerprint density at radius 1 is 1.09 bits per heavy atom. The fourth-order valence-corrected chi connectivity index (χ4v) is 3.88. The average Bonchev–Trinajstić information content (AvgIpc) is 3.11. The predicted octanol–water partition coefficient (Wildman–Crippen LogP) is 2.07. The van der Waals surface area contributed by atoms with Crippen LogP contribution in [0.1, 0.15) is 21.5 Å². The summed E-state index contributed by atoms with van der Waals surface area (Å²) >= 11 is 0. The highest BCUT2D eigenvalue weighted by molar-refractivity contribution is 5.99. The number of aromatic nitrogens is 4. The van der Waals surface area contributed by atoms with E-state index in [9.17, 15) is 9.59 Å². The van der Waals surface area contributed by atoms with Gasteiger partial charge in [-0.05, 0) is 42.0 Å². The Morgan fingerprint density at radius 2 is 1.91 bits per heavy atom. The fraction of sp³-hybridized carbons (Fsp3) is 0.174. The molecule has 1 N–H and O–H groups in total. The molecule has 5 rings (SSSR count). The lowest BCUT2D eigenvalue weighted by Crippen LogP contribution is -2.31. The molecule has 3 aromatic heterocycles. The standard InChI is InChI=1S/C23H19N7O2/c1-28-11-12-29(14-16-6-4-15(13-24)5-7-16)21-17(22(28)31)8-9-19(26-21)30-18-3-2-10-25-20(18)27-23(30)32/h2-10H,11-12,14H2,1H3,(H,25,27,32). The lowest BCUT2D eigenvalue weighted by molar-refractivity contribution is 0.0804. The van der Waals surface area contributed by atoms with Gasteiger partial charge in [-0.1, -0.05) is 12.1 Å². The van der Waals surface area contributed by atoms with Crippen molar-refractivity contribution in [2.45, 2.75) is 6.54 Å². The average molecular weight is 425 g/mol. The molecule has 9 nitrogen and oxygen atoms in total.